The van der Waals surface area contributed by atoms with Crippen molar-refractivity contribution in [2.45, 2.75) is 53.0 Å². The molecule has 0 spiro atoms. The normalized spacial score (nSPS) is 21.9. The van der Waals surface area contributed by atoms with E-state index < -0.39 is 0 Å². The highest BCUT2D eigenvalue weighted by molar-refractivity contribution is 4.97. The van der Waals surface area contributed by atoms with Crippen molar-refractivity contribution in [2.24, 2.45) is 17.8 Å². The minimum Gasteiger partial charge on any atom is -0.310 e. The van der Waals surface area contributed by atoms with Crippen LogP contribution in [0.3, 0.4) is 0 Å². The number of rotatable bonds is 5. The van der Waals surface area contributed by atoms with Gasteiger partial charge in [0, 0.05) is 6.04 Å². The van der Waals surface area contributed by atoms with E-state index in [0.29, 0.717) is 6.04 Å². The predicted molar refractivity (Wildman–Crippen MR) is 67.9 cm³/mol. The van der Waals surface area contributed by atoms with Crippen LogP contribution in [0.4, 0.5) is 0 Å². The van der Waals surface area contributed by atoms with Crippen molar-refractivity contribution in [2.75, 3.05) is 6.54 Å². The fourth-order valence-electron chi connectivity index (χ4n) is 2.51. The summed E-state index contributed by atoms with van der Waals surface area (Å²) in [4.78, 5) is 0. The quantitative estimate of drug-likeness (QED) is 0.682. The first kappa shape index (κ1) is 12.8. The van der Waals surface area contributed by atoms with Gasteiger partial charge in [-0.05, 0) is 43.6 Å². The van der Waals surface area contributed by atoms with Crippen molar-refractivity contribution < 1.29 is 0 Å². The topological polar surface area (TPSA) is 12.0 Å². The van der Waals surface area contributed by atoms with Crippen LogP contribution in [0, 0.1) is 17.8 Å². The SMILES string of the molecule is CC(C)C(CNC1C=CCCC1)C(C)C. The molecule has 1 aliphatic rings. The van der Waals surface area contributed by atoms with Crippen molar-refractivity contribution in [3.63, 3.8) is 0 Å². The lowest BCUT2D eigenvalue weighted by Crippen LogP contribution is -2.36. The molecule has 1 rings (SSSR count). The van der Waals surface area contributed by atoms with Crippen molar-refractivity contribution >= 4 is 0 Å². The molecule has 0 amide bonds. The summed E-state index contributed by atoms with van der Waals surface area (Å²) in [7, 11) is 0. The van der Waals surface area contributed by atoms with Gasteiger partial charge in [0.2, 0.25) is 0 Å². The first-order valence-corrected chi connectivity index (χ1v) is 6.51. The summed E-state index contributed by atoms with van der Waals surface area (Å²) >= 11 is 0. The average Bonchev–Trinajstić information content (AvgIpc) is 2.18. The van der Waals surface area contributed by atoms with Crippen LogP contribution in [0.25, 0.3) is 0 Å². The molecule has 0 aromatic rings. The molecule has 1 atom stereocenters. The Kier molecular flexibility index (Phi) is 5.38. The van der Waals surface area contributed by atoms with Crippen LogP contribution in [0.15, 0.2) is 12.2 Å². The number of hydrogen-bond acceptors (Lipinski definition) is 1. The molecular weight excluding hydrogens is 182 g/mol. The molecule has 0 aromatic heterocycles. The molecule has 0 aromatic carbocycles. The smallest absolute Gasteiger partial charge is 0.0250 e. The van der Waals surface area contributed by atoms with E-state index in [9.17, 15) is 0 Å². The Morgan fingerprint density at radius 2 is 1.87 bits per heavy atom. The second-order valence-corrected chi connectivity index (χ2v) is 5.53. The van der Waals surface area contributed by atoms with E-state index in [1.54, 1.807) is 0 Å². The van der Waals surface area contributed by atoms with Crippen molar-refractivity contribution in [1.29, 1.82) is 0 Å². The van der Waals surface area contributed by atoms with Crippen LogP contribution >= 0.6 is 0 Å². The van der Waals surface area contributed by atoms with E-state index in [1.165, 1.54) is 25.8 Å². The molecule has 88 valence electrons. The molecule has 15 heavy (non-hydrogen) atoms. The Labute approximate surface area is 95.3 Å². The van der Waals surface area contributed by atoms with Crippen molar-refractivity contribution in [3.05, 3.63) is 12.2 Å². The van der Waals surface area contributed by atoms with Crippen molar-refractivity contribution in [3.8, 4) is 0 Å². The van der Waals surface area contributed by atoms with Gasteiger partial charge >= 0.3 is 0 Å². The third-order valence-electron chi connectivity index (χ3n) is 3.58. The average molecular weight is 209 g/mol. The molecule has 0 aliphatic heterocycles. The Bertz CT molecular complexity index is 186. The van der Waals surface area contributed by atoms with E-state index in [0.717, 1.165) is 17.8 Å². The van der Waals surface area contributed by atoms with Gasteiger partial charge in [-0.2, -0.15) is 0 Å². The summed E-state index contributed by atoms with van der Waals surface area (Å²) in [5.74, 6) is 2.37. The van der Waals surface area contributed by atoms with E-state index in [1.807, 2.05) is 0 Å². The molecule has 1 unspecified atom stereocenters. The number of nitrogens with one attached hydrogen (secondary N) is 1. The van der Waals surface area contributed by atoms with Crippen LogP contribution in [0.5, 0.6) is 0 Å². The third kappa shape index (κ3) is 4.38. The zero-order valence-electron chi connectivity index (χ0n) is 10.8. The maximum Gasteiger partial charge on any atom is 0.0250 e. The van der Waals surface area contributed by atoms with Gasteiger partial charge in [0.05, 0.1) is 0 Å². The highest BCUT2D eigenvalue weighted by Crippen LogP contribution is 2.20. The molecule has 0 bridgehead atoms. The molecule has 0 fully saturated rings. The maximum atomic E-state index is 3.70. The third-order valence-corrected chi connectivity index (χ3v) is 3.58. The largest absolute Gasteiger partial charge is 0.310 e. The summed E-state index contributed by atoms with van der Waals surface area (Å²) in [6.07, 6.45) is 8.61. The minimum absolute atomic E-state index is 0.638. The highest BCUT2D eigenvalue weighted by Gasteiger charge is 2.18. The molecule has 1 nitrogen and oxygen atoms in total. The van der Waals surface area contributed by atoms with E-state index in [-0.39, 0.29) is 0 Å². The van der Waals surface area contributed by atoms with Gasteiger partial charge < -0.3 is 5.32 Å². The van der Waals surface area contributed by atoms with Gasteiger partial charge in [-0.15, -0.1) is 0 Å². The zero-order chi connectivity index (χ0) is 11.3. The van der Waals surface area contributed by atoms with Crippen LogP contribution in [0.1, 0.15) is 47.0 Å². The molecule has 0 saturated carbocycles. The summed E-state index contributed by atoms with van der Waals surface area (Å²) in [5.41, 5.74) is 0. The summed E-state index contributed by atoms with van der Waals surface area (Å²) < 4.78 is 0. The van der Waals surface area contributed by atoms with Gasteiger partial charge in [0.25, 0.3) is 0 Å². The molecule has 1 aliphatic carbocycles. The van der Waals surface area contributed by atoms with E-state index >= 15 is 0 Å². The predicted octanol–water partition coefficient (Wildman–Crippen LogP) is 3.61. The van der Waals surface area contributed by atoms with Gasteiger partial charge in [-0.3, -0.25) is 0 Å². The Balaban J connectivity index is 2.32. The number of hydrogen-bond donors (Lipinski definition) is 1. The van der Waals surface area contributed by atoms with Crippen LogP contribution in [-0.2, 0) is 0 Å². The standard InChI is InChI=1S/C14H27N/c1-11(2)14(12(3)4)10-15-13-8-6-5-7-9-13/h6,8,11-15H,5,7,9-10H2,1-4H3. The lowest BCUT2D eigenvalue weighted by atomic mass is 9.85. The monoisotopic (exact) mass is 209 g/mol. The molecule has 1 heteroatoms. The second-order valence-electron chi connectivity index (χ2n) is 5.53. The Hall–Kier alpha value is -0.300. The van der Waals surface area contributed by atoms with Crippen molar-refractivity contribution in [1.82, 2.24) is 5.32 Å². The zero-order valence-corrected chi connectivity index (χ0v) is 10.8. The first-order valence-electron chi connectivity index (χ1n) is 6.51. The first-order chi connectivity index (χ1) is 7.11. The summed E-state index contributed by atoms with van der Waals surface area (Å²) in [6, 6.07) is 0.638. The van der Waals surface area contributed by atoms with E-state index in [2.05, 4.69) is 45.2 Å². The van der Waals surface area contributed by atoms with Gasteiger partial charge in [-0.25, -0.2) is 0 Å². The van der Waals surface area contributed by atoms with Crippen LogP contribution < -0.4 is 5.32 Å². The van der Waals surface area contributed by atoms with Crippen LogP contribution in [0.2, 0.25) is 0 Å². The molecule has 1 N–H and O–H groups in total. The van der Waals surface area contributed by atoms with Gasteiger partial charge in [-0.1, -0.05) is 39.8 Å². The molecule has 0 saturated heterocycles. The van der Waals surface area contributed by atoms with Crippen LogP contribution in [-0.4, -0.2) is 12.6 Å². The van der Waals surface area contributed by atoms with Gasteiger partial charge in [0.1, 0.15) is 0 Å². The highest BCUT2D eigenvalue weighted by atomic mass is 14.9. The maximum absolute atomic E-state index is 3.70. The fourth-order valence-corrected chi connectivity index (χ4v) is 2.51. The Morgan fingerprint density at radius 3 is 2.33 bits per heavy atom. The lowest BCUT2D eigenvalue weighted by Gasteiger charge is -2.28. The van der Waals surface area contributed by atoms with Gasteiger partial charge in [0.15, 0.2) is 0 Å². The Morgan fingerprint density at radius 1 is 1.20 bits per heavy atom. The fraction of sp³-hybridized carbons (Fsp3) is 0.857. The van der Waals surface area contributed by atoms with E-state index in [4.69, 9.17) is 0 Å². The summed E-state index contributed by atoms with van der Waals surface area (Å²) in [5, 5.41) is 3.70. The molecular formula is C14H27N. The molecule has 0 radical (unpaired) electrons. The minimum atomic E-state index is 0.638. The molecule has 0 heterocycles. The second kappa shape index (κ2) is 6.32. The summed E-state index contributed by atoms with van der Waals surface area (Å²) in [6.45, 7) is 10.5. The number of allylic oxidation sites excluding steroid dienone is 1. The lowest BCUT2D eigenvalue weighted by molar-refractivity contribution is 0.268.